The summed E-state index contributed by atoms with van der Waals surface area (Å²) in [5.41, 5.74) is 0.949. The maximum Gasteiger partial charge on any atom is 0.137 e. The Hall–Kier alpha value is -0.870. The lowest BCUT2D eigenvalue weighted by Crippen LogP contribution is -2.46. The van der Waals surface area contributed by atoms with E-state index in [1.54, 1.807) is 0 Å². The number of ether oxygens (including phenoxy) is 1. The molecule has 0 bridgehead atoms. The van der Waals surface area contributed by atoms with E-state index in [1.165, 1.54) is 6.33 Å². The Morgan fingerprint density at radius 3 is 3.12 bits per heavy atom. The van der Waals surface area contributed by atoms with Gasteiger partial charge in [-0.1, -0.05) is 18.5 Å². The Labute approximate surface area is 101 Å². The Kier molecular flexibility index (Phi) is 3.61. The first-order valence-electron chi connectivity index (χ1n) is 5.55. The number of anilines is 1. The van der Waals surface area contributed by atoms with Gasteiger partial charge in [0.2, 0.25) is 0 Å². The summed E-state index contributed by atoms with van der Waals surface area (Å²) in [7, 11) is 0. The molecule has 0 N–H and O–H groups in total. The van der Waals surface area contributed by atoms with Gasteiger partial charge in [-0.15, -0.1) is 0 Å². The molecule has 1 aromatic rings. The molecule has 4 nitrogen and oxygen atoms in total. The molecule has 5 heteroatoms. The molecule has 2 heterocycles. The average Bonchev–Trinajstić information content (AvgIpc) is 2.33. The van der Waals surface area contributed by atoms with Gasteiger partial charge in [0.15, 0.2) is 0 Å². The zero-order valence-corrected chi connectivity index (χ0v) is 10.4. The van der Waals surface area contributed by atoms with Crippen LogP contribution in [0.1, 0.15) is 18.9 Å². The fraction of sp³-hybridized carbons (Fsp3) is 0.636. The third-order valence-corrected chi connectivity index (χ3v) is 3.35. The standard InChI is InChI=1S/C11H16ClN3O/c1-3-9-6-16-5-4-15(9)11-8(2)10(12)13-7-14-11/h7,9H,3-6H2,1-2H3. The van der Waals surface area contributed by atoms with Crippen LogP contribution >= 0.6 is 11.6 Å². The summed E-state index contributed by atoms with van der Waals surface area (Å²) in [5.74, 6) is 0.940. The Balaban J connectivity index is 2.30. The molecule has 1 aromatic heterocycles. The van der Waals surface area contributed by atoms with Crippen molar-refractivity contribution in [2.24, 2.45) is 0 Å². The van der Waals surface area contributed by atoms with Crippen molar-refractivity contribution in [1.82, 2.24) is 9.97 Å². The number of hydrogen-bond donors (Lipinski definition) is 0. The van der Waals surface area contributed by atoms with Crippen LogP contribution in [-0.4, -0.2) is 35.8 Å². The van der Waals surface area contributed by atoms with Crippen molar-refractivity contribution in [3.05, 3.63) is 17.0 Å². The first kappa shape index (κ1) is 11.6. The monoisotopic (exact) mass is 241 g/mol. The summed E-state index contributed by atoms with van der Waals surface area (Å²) >= 11 is 6.01. The van der Waals surface area contributed by atoms with Gasteiger partial charge in [-0.25, -0.2) is 9.97 Å². The lowest BCUT2D eigenvalue weighted by Gasteiger charge is -2.36. The SMILES string of the molecule is CCC1COCCN1c1ncnc(Cl)c1C. The molecule has 1 fully saturated rings. The van der Waals surface area contributed by atoms with Crippen molar-refractivity contribution in [3.8, 4) is 0 Å². The van der Waals surface area contributed by atoms with Crippen molar-refractivity contribution >= 4 is 17.4 Å². The van der Waals surface area contributed by atoms with Crippen LogP contribution in [0, 0.1) is 6.92 Å². The van der Waals surface area contributed by atoms with Gasteiger partial charge in [-0.05, 0) is 13.3 Å². The topological polar surface area (TPSA) is 38.2 Å². The summed E-state index contributed by atoms with van der Waals surface area (Å²) in [6.07, 6.45) is 2.56. The van der Waals surface area contributed by atoms with Gasteiger partial charge in [-0.3, -0.25) is 0 Å². The van der Waals surface area contributed by atoms with Crippen LogP contribution in [0.5, 0.6) is 0 Å². The predicted molar refractivity (Wildman–Crippen MR) is 64.0 cm³/mol. The Morgan fingerprint density at radius 2 is 2.38 bits per heavy atom. The second-order valence-corrected chi connectivity index (χ2v) is 4.30. The minimum Gasteiger partial charge on any atom is -0.377 e. The molecule has 1 saturated heterocycles. The van der Waals surface area contributed by atoms with Crippen LogP contribution < -0.4 is 4.90 Å². The van der Waals surface area contributed by atoms with E-state index in [-0.39, 0.29) is 0 Å². The molecule has 1 aliphatic rings. The van der Waals surface area contributed by atoms with Gasteiger partial charge < -0.3 is 9.64 Å². The molecule has 2 rings (SSSR count). The highest BCUT2D eigenvalue weighted by molar-refractivity contribution is 6.30. The van der Waals surface area contributed by atoms with Crippen molar-refractivity contribution in [3.63, 3.8) is 0 Å². The first-order valence-corrected chi connectivity index (χ1v) is 5.93. The molecule has 0 aromatic carbocycles. The maximum atomic E-state index is 6.01. The van der Waals surface area contributed by atoms with E-state index in [2.05, 4.69) is 21.8 Å². The van der Waals surface area contributed by atoms with Gasteiger partial charge in [-0.2, -0.15) is 0 Å². The molecule has 88 valence electrons. The quantitative estimate of drug-likeness (QED) is 0.743. The lowest BCUT2D eigenvalue weighted by molar-refractivity contribution is 0.0925. The first-order chi connectivity index (χ1) is 7.74. The van der Waals surface area contributed by atoms with E-state index in [0.717, 1.165) is 37.6 Å². The van der Waals surface area contributed by atoms with E-state index in [0.29, 0.717) is 11.2 Å². The number of aromatic nitrogens is 2. The highest BCUT2D eigenvalue weighted by atomic mass is 35.5. The molecule has 1 atom stereocenters. The van der Waals surface area contributed by atoms with Gasteiger partial charge in [0, 0.05) is 12.1 Å². The number of nitrogens with zero attached hydrogens (tertiary/aromatic N) is 3. The van der Waals surface area contributed by atoms with Gasteiger partial charge in [0.05, 0.1) is 19.3 Å². The second-order valence-electron chi connectivity index (χ2n) is 3.94. The molecular weight excluding hydrogens is 226 g/mol. The molecule has 16 heavy (non-hydrogen) atoms. The zero-order valence-electron chi connectivity index (χ0n) is 9.61. The molecule has 0 aliphatic carbocycles. The van der Waals surface area contributed by atoms with Crippen LogP contribution in [0.25, 0.3) is 0 Å². The minimum absolute atomic E-state index is 0.387. The second kappa shape index (κ2) is 4.97. The summed E-state index contributed by atoms with van der Waals surface area (Å²) in [6.45, 7) is 6.49. The fourth-order valence-corrected chi connectivity index (χ4v) is 2.11. The number of hydrogen-bond acceptors (Lipinski definition) is 4. The zero-order chi connectivity index (χ0) is 11.5. The van der Waals surface area contributed by atoms with E-state index >= 15 is 0 Å². The van der Waals surface area contributed by atoms with E-state index in [1.807, 2.05) is 6.92 Å². The highest BCUT2D eigenvalue weighted by Crippen LogP contribution is 2.25. The van der Waals surface area contributed by atoms with E-state index in [9.17, 15) is 0 Å². The number of halogens is 1. The summed E-state index contributed by atoms with van der Waals surface area (Å²) in [5, 5.41) is 0.534. The van der Waals surface area contributed by atoms with Crippen molar-refractivity contribution < 1.29 is 4.74 Å². The van der Waals surface area contributed by atoms with Gasteiger partial charge >= 0.3 is 0 Å². The van der Waals surface area contributed by atoms with Crippen molar-refractivity contribution in [1.29, 1.82) is 0 Å². The van der Waals surface area contributed by atoms with Crippen LogP contribution in [0.3, 0.4) is 0 Å². The third kappa shape index (κ3) is 2.13. The Morgan fingerprint density at radius 1 is 1.56 bits per heavy atom. The third-order valence-electron chi connectivity index (χ3n) is 2.97. The smallest absolute Gasteiger partial charge is 0.137 e. The van der Waals surface area contributed by atoms with Gasteiger partial charge in [0.25, 0.3) is 0 Å². The summed E-state index contributed by atoms with van der Waals surface area (Å²) in [4.78, 5) is 10.6. The van der Waals surface area contributed by atoms with Crippen LogP contribution in [0.4, 0.5) is 5.82 Å². The molecule has 1 unspecified atom stereocenters. The Bertz CT molecular complexity index is 372. The molecular formula is C11H16ClN3O. The molecule has 1 aliphatic heterocycles. The molecule has 0 spiro atoms. The molecule has 0 saturated carbocycles. The van der Waals surface area contributed by atoms with E-state index in [4.69, 9.17) is 16.3 Å². The molecule has 0 amide bonds. The van der Waals surface area contributed by atoms with Crippen LogP contribution in [0.2, 0.25) is 5.15 Å². The van der Waals surface area contributed by atoms with Crippen molar-refractivity contribution in [2.75, 3.05) is 24.7 Å². The fourth-order valence-electron chi connectivity index (χ4n) is 1.98. The summed E-state index contributed by atoms with van der Waals surface area (Å²) < 4.78 is 5.48. The number of rotatable bonds is 2. The normalized spacial score (nSPS) is 21.2. The lowest BCUT2D eigenvalue weighted by atomic mass is 10.1. The maximum absolute atomic E-state index is 6.01. The largest absolute Gasteiger partial charge is 0.377 e. The van der Waals surface area contributed by atoms with E-state index < -0.39 is 0 Å². The average molecular weight is 242 g/mol. The highest BCUT2D eigenvalue weighted by Gasteiger charge is 2.24. The van der Waals surface area contributed by atoms with Gasteiger partial charge in [0.1, 0.15) is 17.3 Å². The minimum atomic E-state index is 0.387. The van der Waals surface area contributed by atoms with Crippen LogP contribution in [0.15, 0.2) is 6.33 Å². The predicted octanol–water partition coefficient (Wildman–Crippen LogP) is 2.05. The van der Waals surface area contributed by atoms with Crippen molar-refractivity contribution in [2.45, 2.75) is 26.3 Å². The summed E-state index contributed by atoms with van der Waals surface area (Å²) in [6, 6.07) is 0.387. The van der Waals surface area contributed by atoms with Crippen LogP contribution in [-0.2, 0) is 4.74 Å². The molecule has 0 radical (unpaired) electrons. The number of morpholine rings is 1.